The molecule has 0 aliphatic rings. The lowest BCUT2D eigenvalue weighted by Crippen LogP contribution is -2.34. The number of hydrogen-bond acceptors (Lipinski definition) is 4. The smallest absolute Gasteiger partial charge is 0.407 e. The Kier molecular flexibility index (Phi) is 5.64. The third kappa shape index (κ3) is 5.05. The Morgan fingerprint density at radius 2 is 2.04 bits per heavy atom. The second-order valence-electron chi connectivity index (χ2n) is 6.87. The average molecular weight is 363 g/mol. The predicted molar refractivity (Wildman–Crippen MR) is 93.6 cm³/mol. The molecule has 0 fully saturated rings. The summed E-state index contributed by atoms with van der Waals surface area (Å²) in [5, 5.41) is 15.8. The van der Waals surface area contributed by atoms with Crippen LogP contribution in [0, 0.1) is 12.7 Å². The van der Waals surface area contributed by atoms with Gasteiger partial charge >= 0.3 is 12.1 Å². The largest absolute Gasteiger partial charge is 0.478 e. The molecular weight excluding hydrogens is 341 g/mol. The van der Waals surface area contributed by atoms with Gasteiger partial charge in [-0.3, -0.25) is 4.68 Å². The summed E-state index contributed by atoms with van der Waals surface area (Å²) in [6, 6.07) is 2.49. The van der Waals surface area contributed by atoms with Crippen molar-refractivity contribution in [2.24, 2.45) is 0 Å². The predicted octanol–water partition coefficient (Wildman–Crippen LogP) is 3.22. The Bertz CT molecular complexity index is 824. The molecule has 7 nitrogen and oxygen atoms in total. The SMILES string of the molecule is Cc1cc(C(=O)O)c(F)cc1-c1cnn(CCNC(=O)OC(C)(C)C)c1. The van der Waals surface area contributed by atoms with E-state index in [1.165, 1.54) is 12.1 Å². The molecule has 0 bridgehead atoms. The zero-order valence-electron chi connectivity index (χ0n) is 15.2. The molecule has 0 radical (unpaired) electrons. The van der Waals surface area contributed by atoms with Crippen molar-refractivity contribution in [2.45, 2.75) is 39.8 Å². The van der Waals surface area contributed by atoms with Crippen molar-refractivity contribution in [3.05, 3.63) is 41.5 Å². The summed E-state index contributed by atoms with van der Waals surface area (Å²) in [7, 11) is 0. The number of benzene rings is 1. The lowest BCUT2D eigenvalue weighted by atomic mass is 10.0. The molecule has 26 heavy (non-hydrogen) atoms. The first-order chi connectivity index (χ1) is 12.1. The number of carboxylic acid groups (broad SMARTS) is 1. The number of aryl methyl sites for hydroxylation is 1. The van der Waals surface area contributed by atoms with E-state index < -0.39 is 23.5 Å². The summed E-state index contributed by atoms with van der Waals surface area (Å²) in [6.45, 7) is 7.79. The zero-order valence-corrected chi connectivity index (χ0v) is 15.2. The lowest BCUT2D eigenvalue weighted by Gasteiger charge is -2.19. The van der Waals surface area contributed by atoms with Crippen LogP contribution >= 0.6 is 0 Å². The van der Waals surface area contributed by atoms with E-state index in [9.17, 15) is 14.0 Å². The molecule has 1 amide bonds. The van der Waals surface area contributed by atoms with Crippen molar-refractivity contribution in [1.29, 1.82) is 0 Å². The molecule has 0 atom stereocenters. The van der Waals surface area contributed by atoms with Gasteiger partial charge in [-0.25, -0.2) is 14.0 Å². The topological polar surface area (TPSA) is 93.5 Å². The van der Waals surface area contributed by atoms with Crippen LogP contribution in [0.2, 0.25) is 0 Å². The lowest BCUT2D eigenvalue weighted by molar-refractivity contribution is 0.0525. The van der Waals surface area contributed by atoms with Gasteiger partial charge in [0.25, 0.3) is 0 Å². The number of carbonyl (C=O) groups is 2. The fourth-order valence-electron chi connectivity index (χ4n) is 2.37. The van der Waals surface area contributed by atoms with Crippen LogP contribution in [0.1, 0.15) is 36.7 Å². The number of hydrogen-bond donors (Lipinski definition) is 2. The number of halogens is 1. The molecule has 1 aromatic heterocycles. The Morgan fingerprint density at radius 3 is 2.65 bits per heavy atom. The van der Waals surface area contributed by atoms with Crippen LogP contribution in [0.4, 0.5) is 9.18 Å². The van der Waals surface area contributed by atoms with Crippen LogP contribution in [-0.4, -0.2) is 39.1 Å². The van der Waals surface area contributed by atoms with Gasteiger partial charge in [-0.15, -0.1) is 0 Å². The highest BCUT2D eigenvalue weighted by Crippen LogP contribution is 2.26. The maximum absolute atomic E-state index is 13.9. The van der Waals surface area contributed by atoms with E-state index in [0.29, 0.717) is 29.8 Å². The molecule has 1 heterocycles. The minimum atomic E-state index is -1.30. The fraction of sp³-hybridized carbons (Fsp3) is 0.389. The summed E-state index contributed by atoms with van der Waals surface area (Å²) < 4.78 is 20.7. The van der Waals surface area contributed by atoms with E-state index in [-0.39, 0.29) is 5.56 Å². The van der Waals surface area contributed by atoms with Gasteiger partial charge in [0, 0.05) is 18.3 Å². The number of aromatic nitrogens is 2. The molecule has 0 saturated heterocycles. The molecule has 0 saturated carbocycles. The van der Waals surface area contributed by atoms with Gasteiger partial charge in [-0.1, -0.05) is 0 Å². The summed E-state index contributed by atoms with van der Waals surface area (Å²) in [5.74, 6) is -2.10. The molecule has 140 valence electrons. The van der Waals surface area contributed by atoms with Crippen molar-refractivity contribution in [3.63, 3.8) is 0 Å². The molecule has 0 aliphatic heterocycles. The van der Waals surface area contributed by atoms with Gasteiger partial charge in [0.05, 0.1) is 18.3 Å². The highest BCUT2D eigenvalue weighted by molar-refractivity contribution is 5.89. The van der Waals surface area contributed by atoms with Crippen LogP contribution in [-0.2, 0) is 11.3 Å². The summed E-state index contributed by atoms with van der Waals surface area (Å²) >= 11 is 0. The maximum Gasteiger partial charge on any atom is 0.407 e. The monoisotopic (exact) mass is 363 g/mol. The van der Waals surface area contributed by atoms with Crippen LogP contribution < -0.4 is 5.32 Å². The number of rotatable bonds is 5. The van der Waals surface area contributed by atoms with Crippen molar-refractivity contribution < 1.29 is 23.8 Å². The number of nitrogens with one attached hydrogen (secondary N) is 1. The van der Waals surface area contributed by atoms with Gasteiger partial charge in [0.15, 0.2) is 0 Å². The van der Waals surface area contributed by atoms with Gasteiger partial charge < -0.3 is 15.2 Å². The fourth-order valence-corrected chi connectivity index (χ4v) is 2.37. The van der Waals surface area contributed by atoms with Gasteiger partial charge in [0.1, 0.15) is 11.4 Å². The summed E-state index contributed by atoms with van der Waals surface area (Å²) in [4.78, 5) is 22.6. The van der Waals surface area contributed by atoms with Crippen molar-refractivity contribution in [2.75, 3.05) is 6.54 Å². The number of aromatic carboxylic acids is 1. The normalized spacial score (nSPS) is 11.3. The number of carbonyl (C=O) groups excluding carboxylic acids is 1. The highest BCUT2D eigenvalue weighted by Gasteiger charge is 2.16. The van der Waals surface area contributed by atoms with E-state index in [0.717, 1.165) is 0 Å². The van der Waals surface area contributed by atoms with E-state index in [1.54, 1.807) is 44.8 Å². The second kappa shape index (κ2) is 7.55. The van der Waals surface area contributed by atoms with E-state index in [2.05, 4.69) is 10.4 Å². The Labute approximate surface area is 150 Å². The van der Waals surface area contributed by atoms with Crippen LogP contribution in [0.3, 0.4) is 0 Å². The Morgan fingerprint density at radius 1 is 1.35 bits per heavy atom. The third-order valence-electron chi connectivity index (χ3n) is 3.50. The minimum Gasteiger partial charge on any atom is -0.478 e. The third-order valence-corrected chi connectivity index (χ3v) is 3.50. The molecule has 2 rings (SSSR count). The first kappa shape index (κ1) is 19.4. The first-order valence-corrected chi connectivity index (χ1v) is 8.10. The van der Waals surface area contributed by atoms with Gasteiger partial charge in [0.2, 0.25) is 0 Å². The molecule has 2 N–H and O–H groups in total. The number of carboxylic acids is 1. The maximum atomic E-state index is 13.9. The molecule has 2 aromatic rings. The quantitative estimate of drug-likeness (QED) is 0.851. The molecule has 0 aliphatic carbocycles. The van der Waals surface area contributed by atoms with Crippen molar-refractivity contribution in [3.8, 4) is 11.1 Å². The van der Waals surface area contributed by atoms with E-state index >= 15 is 0 Å². The number of ether oxygens (including phenoxy) is 1. The number of nitrogens with zero attached hydrogens (tertiary/aromatic N) is 2. The van der Waals surface area contributed by atoms with Gasteiger partial charge in [-0.2, -0.15) is 5.10 Å². The van der Waals surface area contributed by atoms with Crippen LogP contribution in [0.5, 0.6) is 0 Å². The first-order valence-electron chi connectivity index (χ1n) is 8.10. The molecule has 0 spiro atoms. The summed E-state index contributed by atoms with van der Waals surface area (Å²) in [6.07, 6.45) is 2.77. The van der Waals surface area contributed by atoms with E-state index in [1.807, 2.05) is 0 Å². The van der Waals surface area contributed by atoms with E-state index in [4.69, 9.17) is 9.84 Å². The van der Waals surface area contributed by atoms with Crippen molar-refractivity contribution in [1.82, 2.24) is 15.1 Å². The van der Waals surface area contributed by atoms with Crippen molar-refractivity contribution >= 4 is 12.1 Å². The van der Waals surface area contributed by atoms with Gasteiger partial charge in [-0.05, 0) is 51.0 Å². The number of alkyl carbamates (subject to hydrolysis) is 1. The summed E-state index contributed by atoms with van der Waals surface area (Å²) in [5.41, 5.74) is 0.942. The standard InChI is InChI=1S/C18H22FN3O4/c1-11-7-14(16(23)24)15(19)8-13(11)12-9-21-22(10-12)6-5-20-17(25)26-18(2,3)4/h7-10H,5-6H2,1-4H3,(H,20,25)(H,23,24). The van der Waals surface area contributed by atoms with Crippen LogP contribution in [0.15, 0.2) is 24.5 Å². The molecule has 0 unspecified atom stereocenters. The Hall–Kier alpha value is -2.90. The number of amides is 1. The molecule has 1 aromatic carbocycles. The zero-order chi connectivity index (χ0) is 19.5. The van der Waals surface area contributed by atoms with Crippen LogP contribution in [0.25, 0.3) is 11.1 Å². The minimum absolute atomic E-state index is 0.321. The molecule has 8 heteroatoms. The molecular formula is C18H22FN3O4. The Balaban J connectivity index is 2.03. The highest BCUT2D eigenvalue weighted by atomic mass is 19.1. The second-order valence-corrected chi connectivity index (χ2v) is 6.87. The average Bonchev–Trinajstić information content (AvgIpc) is 2.95.